The predicted molar refractivity (Wildman–Crippen MR) is 113 cm³/mol. The Bertz CT molecular complexity index is 1240. The van der Waals surface area contributed by atoms with Crippen LogP contribution >= 0.6 is 23.1 Å². The van der Waals surface area contributed by atoms with Gasteiger partial charge < -0.3 is 19.2 Å². The maximum absolute atomic E-state index is 13.0. The average molecular weight is 456 g/mol. The molecular formula is C20H13FN4O4S2. The molecule has 0 atom stereocenters. The van der Waals surface area contributed by atoms with Crippen LogP contribution in [-0.4, -0.2) is 33.6 Å². The Balaban J connectivity index is 1.17. The molecule has 31 heavy (non-hydrogen) atoms. The van der Waals surface area contributed by atoms with E-state index in [2.05, 4.69) is 20.5 Å². The van der Waals surface area contributed by atoms with Gasteiger partial charge in [0, 0.05) is 16.5 Å². The van der Waals surface area contributed by atoms with Crippen LogP contribution in [0.3, 0.4) is 0 Å². The fourth-order valence-corrected chi connectivity index (χ4v) is 4.08. The zero-order valence-electron chi connectivity index (χ0n) is 15.7. The standard InChI is InChI=1S/C20H13FN4O4S2/c21-13-4-1-11(2-5-13)14-8-30-19(22-14)23-17(26)9-31-20-25-24-18(29-20)12-3-6-15-16(7-12)28-10-27-15/h1-8H,9-10H2,(H,22,23,26). The number of rotatable bonds is 6. The van der Waals surface area contributed by atoms with Gasteiger partial charge in [0.25, 0.3) is 5.22 Å². The first-order chi connectivity index (χ1) is 15.1. The van der Waals surface area contributed by atoms with Gasteiger partial charge in [-0.15, -0.1) is 21.5 Å². The molecule has 0 saturated carbocycles. The number of aromatic nitrogens is 3. The Morgan fingerprint density at radius 3 is 2.77 bits per heavy atom. The van der Waals surface area contributed by atoms with Gasteiger partial charge in [-0.1, -0.05) is 11.8 Å². The summed E-state index contributed by atoms with van der Waals surface area (Å²) in [6.07, 6.45) is 0. The minimum atomic E-state index is -0.313. The lowest BCUT2D eigenvalue weighted by molar-refractivity contribution is -0.113. The maximum atomic E-state index is 13.0. The lowest BCUT2D eigenvalue weighted by Gasteiger charge is -2.00. The lowest BCUT2D eigenvalue weighted by Crippen LogP contribution is -2.13. The minimum absolute atomic E-state index is 0.0776. The molecule has 2 aromatic carbocycles. The Morgan fingerprint density at radius 1 is 1.10 bits per heavy atom. The lowest BCUT2D eigenvalue weighted by atomic mass is 10.2. The van der Waals surface area contributed by atoms with Crippen molar-refractivity contribution >= 4 is 34.1 Å². The minimum Gasteiger partial charge on any atom is -0.454 e. The van der Waals surface area contributed by atoms with E-state index in [-0.39, 0.29) is 29.5 Å². The van der Waals surface area contributed by atoms with Crippen molar-refractivity contribution in [2.75, 3.05) is 17.9 Å². The van der Waals surface area contributed by atoms with Crippen LogP contribution in [-0.2, 0) is 4.79 Å². The number of amides is 1. The highest BCUT2D eigenvalue weighted by Gasteiger charge is 2.17. The molecule has 1 aliphatic heterocycles. The number of fused-ring (bicyclic) bond motifs is 1. The van der Waals surface area contributed by atoms with Crippen molar-refractivity contribution in [3.8, 4) is 34.2 Å². The number of hydrogen-bond donors (Lipinski definition) is 1. The fourth-order valence-electron chi connectivity index (χ4n) is 2.78. The van der Waals surface area contributed by atoms with Crippen molar-refractivity contribution in [3.05, 3.63) is 53.7 Å². The number of carbonyl (C=O) groups excluding carboxylic acids is 1. The van der Waals surface area contributed by atoms with Gasteiger partial charge in [0.2, 0.25) is 18.6 Å². The third kappa shape index (κ3) is 4.37. The number of benzene rings is 2. The quantitative estimate of drug-likeness (QED) is 0.425. The molecule has 1 amide bonds. The summed E-state index contributed by atoms with van der Waals surface area (Å²) < 4.78 is 29.3. The summed E-state index contributed by atoms with van der Waals surface area (Å²) in [4.78, 5) is 16.6. The number of thiazole rings is 1. The van der Waals surface area contributed by atoms with Crippen molar-refractivity contribution in [2.24, 2.45) is 0 Å². The van der Waals surface area contributed by atoms with E-state index < -0.39 is 0 Å². The third-order valence-corrected chi connectivity index (χ3v) is 5.82. The molecule has 1 N–H and O–H groups in total. The van der Waals surface area contributed by atoms with Crippen LogP contribution < -0.4 is 14.8 Å². The molecule has 0 unspecified atom stereocenters. The number of carbonyl (C=O) groups is 1. The molecule has 0 saturated heterocycles. The molecule has 0 spiro atoms. The Kier molecular flexibility index (Phi) is 5.26. The monoisotopic (exact) mass is 456 g/mol. The summed E-state index contributed by atoms with van der Waals surface area (Å²) in [5.74, 6) is 1.12. The molecule has 11 heteroatoms. The van der Waals surface area contributed by atoms with Gasteiger partial charge in [0.05, 0.1) is 11.4 Å². The molecule has 0 radical (unpaired) electrons. The van der Waals surface area contributed by atoms with E-state index in [9.17, 15) is 9.18 Å². The van der Waals surface area contributed by atoms with Crippen molar-refractivity contribution < 1.29 is 23.1 Å². The summed E-state index contributed by atoms with van der Waals surface area (Å²) in [5, 5.41) is 13.2. The predicted octanol–water partition coefficient (Wildman–Crippen LogP) is 4.46. The first-order valence-electron chi connectivity index (χ1n) is 9.02. The highest BCUT2D eigenvalue weighted by Crippen LogP contribution is 2.36. The normalized spacial score (nSPS) is 12.2. The van der Waals surface area contributed by atoms with Crippen LogP contribution in [0.5, 0.6) is 11.5 Å². The Morgan fingerprint density at radius 2 is 1.90 bits per heavy atom. The first kappa shape index (κ1) is 19.5. The second-order valence-electron chi connectivity index (χ2n) is 6.32. The number of ether oxygens (including phenoxy) is 2. The van der Waals surface area contributed by atoms with E-state index in [4.69, 9.17) is 13.9 Å². The topological polar surface area (TPSA) is 99.4 Å². The van der Waals surface area contributed by atoms with E-state index in [0.29, 0.717) is 33.8 Å². The number of halogens is 1. The van der Waals surface area contributed by atoms with E-state index in [1.807, 2.05) is 0 Å². The second-order valence-corrected chi connectivity index (χ2v) is 8.11. The van der Waals surface area contributed by atoms with Crippen molar-refractivity contribution in [1.82, 2.24) is 15.2 Å². The molecule has 0 bridgehead atoms. The number of hydrogen-bond acceptors (Lipinski definition) is 9. The smallest absolute Gasteiger partial charge is 0.277 e. The van der Waals surface area contributed by atoms with Gasteiger partial charge in [-0.25, -0.2) is 9.37 Å². The molecule has 5 rings (SSSR count). The van der Waals surface area contributed by atoms with Crippen LogP contribution in [0.15, 0.2) is 57.5 Å². The van der Waals surface area contributed by atoms with Gasteiger partial charge >= 0.3 is 0 Å². The Hall–Kier alpha value is -3.44. The summed E-state index contributed by atoms with van der Waals surface area (Å²) >= 11 is 2.41. The zero-order chi connectivity index (χ0) is 21.2. The molecule has 0 fully saturated rings. The molecule has 8 nitrogen and oxygen atoms in total. The molecule has 156 valence electrons. The first-order valence-corrected chi connectivity index (χ1v) is 10.9. The molecule has 1 aliphatic rings. The van der Waals surface area contributed by atoms with Gasteiger partial charge in [-0.3, -0.25) is 4.79 Å². The van der Waals surface area contributed by atoms with Crippen LogP contribution in [0.4, 0.5) is 9.52 Å². The fraction of sp³-hybridized carbons (Fsp3) is 0.100. The summed E-state index contributed by atoms with van der Waals surface area (Å²) in [6, 6.07) is 11.3. The van der Waals surface area contributed by atoms with Gasteiger partial charge in [-0.05, 0) is 42.5 Å². The zero-order valence-corrected chi connectivity index (χ0v) is 17.3. The van der Waals surface area contributed by atoms with E-state index >= 15 is 0 Å². The summed E-state index contributed by atoms with van der Waals surface area (Å²) in [6.45, 7) is 0.184. The molecule has 4 aromatic rings. The van der Waals surface area contributed by atoms with E-state index in [1.165, 1.54) is 23.5 Å². The van der Waals surface area contributed by atoms with Crippen LogP contribution in [0, 0.1) is 5.82 Å². The number of nitrogens with zero attached hydrogens (tertiary/aromatic N) is 3. The highest BCUT2D eigenvalue weighted by molar-refractivity contribution is 7.99. The van der Waals surface area contributed by atoms with Crippen molar-refractivity contribution in [2.45, 2.75) is 5.22 Å². The van der Waals surface area contributed by atoms with Crippen molar-refractivity contribution in [1.29, 1.82) is 0 Å². The van der Waals surface area contributed by atoms with Crippen LogP contribution in [0.2, 0.25) is 0 Å². The largest absolute Gasteiger partial charge is 0.454 e. The van der Waals surface area contributed by atoms with Gasteiger partial charge in [0.1, 0.15) is 5.82 Å². The van der Waals surface area contributed by atoms with Crippen LogP contribution in [0.25, 0.3) is 22.7 Å². The number of thioether (sulfide) groups is 1. The second kappa shape index (κ2) is 8.36. The third-order valence-electron chi connectivity index (χ3n) is 4.24. The average Bonchev–Trinajstić information content (AvgIpc) is 3.53. The molecule has 2 aromatic heterocycles. The van der Waals surface area contributed by atoms with Gasteiger partial charge in [-0.2, -0.15) is 0 Å². The van der Waals surface area contributed by atoms with Crippen molar-refractivity contribution in [3.63, 3.8) is 0 Å². The highest BCUT2D eigenvalue weighted by atomic mass is 32.2. The Labute approximate surface area is 183 Å². The number of anilines is 1. The summed E-state index contributed by atoms with van der Waals surface area (Å²) in [7, 11) is 0. The molecular weight excluding hydrogens is 443 g/mol. The SMILES string of the molecule is O=C(CSc1nnc(-c2ccc3c(c2)OCO3)o1)Nc1nc(-c2ccc(F)cc2)cs1. The summed E-state index contributed by atoms with van der Waals surface area (Å²) in [5.41, 5.74) is 2.14. The molecule has 0 aliphatic carbocycles. The number of nitrogens with one attached hydrogen (secondary N) is 1. The maximum Gasteiger partial charge on any atom is 0.277 e. The van der Waals surface area contributed by atoms with E-state index in [0.717, 1.165) is 17.3 Å². The van der Waals surface area contributed by atoms with Gasteiger partial charge in [0.15, 0.2) is 16.6 Å². The van der Waals surface area contributed by atoms with E-state index in [1.54, 1.807) is 35.7 Å². The molecule has 3 heterocycles. The van der Waals surface area contributed by atoms with Crippen LogP contribution in [0.1, 0.15) is 0 Å².